The Balaban J connectivity index is 1.60. The molecule has 0 saturated heterocycles. The van der Waals surface area contributed by atoms with E-state index in [2.05, 4.69) is 10.3 Å². The van der Waals surface area contributed by atoms with Gasteiger partial charge in [0.1, 0.15) is 11.6 Å². The van der Waals surface area contributed by atoms with Crippen molar-refractivity contribution in [3.63, 3.8) is 0 Å². The van der Waals surface area contributed by atoms with Gasteiger partial charge in [-0.3, -0.25) is 4.79 Å². The molecule has 1 N–H and O–H groups in total. The predicted octanol–water partition coefficient (Wildman–Crippen LogP) is 6.11. The van der Waals surface area contributed by atoms with Crippen LogP contribution in [0.1, 0.15) is 11.1 Å². The quantitative estimate of drug-likeness (QED) is 0.269. The van der Waals surface area contributed by atoms with Crippen molar-refractivity contribution in [3.05, 3.63) is 89.5 Å². The molecule has 0 spiro atoms. The van der Waals surface area contributed by atoms with Crippen LogP contribution in [0.4, 0.5) is 27.6 Å². The number of carbonyl (C=O) groups excluding carboxylic acids is 1. The Bertz CT molecular complexity index is 1300. The van der Waals surface area contributed by atoms with Gasteiger partial charge in [-0.05, 0) is 35.9 Å². The van der Waals surface area contributed by atoms with Gasteiger partial charge < -0.3 is 9.88 Å². The molecule has 1 amide bonds. The van der Waals surface area contributed by atoms with E-state index in [9.17, 15) is 26.7 Å². The minimum atomic E-state index is -4.51. The number of thioether (sulfide) groups is 1. The highest BCUT2D eigenvalue weighted by Gasteiger charge is 2.31. The summed E-state index contributed by atoms with van der Waals surface area (Å²) in [6.07, 6.45) is -4.51. The first kappa shape index (κ1) is 22.8. The number of benzene rings is 3. The van der Waals surface area contributed by atoms with Crippen LogP contribution in [0.5, 0.6) is 0 Å². The molecule has 4 rings (SSSR count). The molecule has 0 unspecified atom stereocenters. The zero-order chi connectivity index (χ0) is 23.6. The molecule has 0 bridgehead atoms. The van der Waals surface area contributed by atoms with E-state index >= 15 is 0 Å². The number of alkyl halides is 3. The molecule has 3 aromatic carbocycles. The van der Waals surface area contributed by atoms with Crippen LogP contribution in [-0.2, 0) is 17.5 Å². The lowest BCUT2D eigenvalue weighted by Crippen LogP contribution is -2.15. The second-order valence-electron chi connectivity index (χ2n) is 7.13. The van der Waals surface area contributed by atoms with Crippen LogP contribution in [-0.4, -0.2) is 21.2 Å². The normalized spacial score (nSPS) is 11.7. The Morgan fingerprint density at radius 3 is 2.45 bits per heavy atom. The number of halogens is 5. The van der Waals surface area contributed by atoms with Crippen molar-refractivity contribution < 1.29 is 26.7 Å². The highest BCUT2D eigenvalue weighted by Crippen LogP contribution is 2.33. The number of aromatic nitrogens is 2. The summed E-state index contributed by atoms with van der Waals surface area (Å²) < 4.78 is 68.0. The van der Waals surface area contributed by atoms with Crippen LogP contribution >= 0.6 is 11.8 Å². The van der Waals surface area contributed by atoms with E-state index in [1.807, 2.05) is 30.3 Å². The fourth-order valence-electron chi connectivity index (χ4n) is 3.22. The van der Waals surface area contributed by atoms with E-state index in [4.69, 9.17) is 0 Å². The molecule has 0 aliphatic rings. The first-order valence-corrected chi connectivity index (χ1v) is 10.7. The average Bonchev–Trinajstić information content (AvgIpc) is 3.11. The number of fused-ring (bicyclic) bond motifs is 1. The molecule has 170 valence electrons. The fraction of sp³-hybridized carbons (Fsp3) is 0.130. The highest BCUT2D eigenvalue weighted by molar-refractivity contribution is 7.99. The van der Waals surface area contributed by atoms with Crippen molar-refractivity contribution in [2.45, 2.75) is 17.9 Å². The summed E-state index contributed by atoms with van der Waals surface area (Å²) in [5.74, 6) is -2.43. The number of anilines is 1. The molecule has 4 nitrogen and oxygen atoms in total. The van der Waals surface area contributed by atoms with Gasteiger partial charge in [0, 0.05) is 6.07 Å². The van der Waals surface area contributed by atoms with Crippen molar-refractivity contribution in [1.29, 1.82) is 0 Å². The third-order valence-electron chi connectivity index (χ3n) is 4.76. The number of rotatable bonds is 6. The number of carbonyl (C=O) groups is 1. The minimum absolute atomic E-state index is 0.147. The van der Waals surface area contributed by atoms with Gasteiger partial charge >= 0.3 is 6.18 Å². The van der Waals surface area contributed by atoms with Gasteiger partial charge in [-0.15, -0.1) is 0 Å². The number of amides is 1. The molecule has 10 heteroatoms. The van der Waals surface area contributed by atoms with Crippen LogP contribution in [0, 0.1) is 11.6 Å². The summed E-state index contributed by atoms with van der Waals surface area (Å²) >= 11 is 1.00. The van der Waals surface area contributed by atoms with E-state index in [-0.39, 0.29) is 17.0 Å². The molecule has 0 aliphatic carbocycles. The predicted molar refractivity (Wildman–Crippen MR) is 116 cm³/mol. The van der Waals surface area contributed by atoms with Crippen molar-refractivity contribution in [2.75, 3.05) is 11.1 Å². The molecular formula is C23H16F5N3OS. The van der Waals surface area contributed by atoms with Gasteiger partial charge in [0.15, 0.2) is 5.16 Å². The molecular weight excluding hydrogens is 461 g/mol. The smallest absolute Gasteiger partial charge is 0.323 e. The van der Waals surface area contributed by atoms with Gasteiger partial charge in [0.2, 0.25) is 5.91 Å². The lowest BCUT2D eigenvalue weighted by molar-refractivity contribution is -0.137. The van der Waals surface area contributed by atoms with Gasteiger partial charge in [-0.1, -0.05) is 42.1 Å². The highest BCUT2D eigenvalue weighted by atomic mass is 32.2. The van der Waals surface area contributed by atoms with Crippen molar-refractivity contribution in [1.82, 2.24) is 9.55 Å². The van der Waals surface area contributed by atoms with Crippen LogP contribution in [0.3, 0.4) is 0 Å². The molecule has 0 atom stereocenters. The molecule has 0 aliphatic heterocycles. The largest absolute Gasteiger partial charge is 0.416 e. The van der Waals surface area contributed by atoms with E-state index in [0.717, 1.165) is 41.6 Å². The first-order chi connectivity index (χ1) is 15.7. The molecule has 0 saturated carbocycles. The number of nitrogens with zero attached hydrogens (tertiary/aromatic N) is 2. The number of hydrogen-bond donors (Lipinski definition) is 1. The summed E-state index contributed by atoms with van der Waals surface area (Å²) in [4.78, 5) is 16.6. The SMILES string of the molecule is O=C(CSc1nc2cc(C(F)(F)F)ccc2n1Cc1ccccc1)Nc1ccc(F)cc1F. The molecule has 0 radical (unpaired) electrons. The number of hydrogen-bond acceptors (Lipinski definition) is 3. The summed E-state index contributed by atoms with van der Waals surface area (Å²) in [6, 6.07) is 15.4. The van der Waals surface area contributed by atoms with Crippen molar-refractivity contribution in [2.24, 2.45) is 0 Å². The van der Waals surface area contributed by atoms with Crippen LogP contribution < -0.4 is 5.32 Å². The Morgan fingerprint density at radius 1 is 1.00 bits per heavy atom. The Kier molecular flexibility index (Phi) is 6.37. The van der Waals surface area contributed by atoms with E-state index < -0.39 is 29.3 Å². The summed E-state index contributed by atoms with van der Waals surface area (Å²) in [7, 11) is 0. The first-order valence-electron chi connectivity index (χ1n) is 9.70. The molecule has 0 fully saturated rings. The van der Waals surface area contributed by atoms with Crippen LogP contribution in [0.25, 0.3) is 11.0 Å². The second kappa shape index (κ2) is 9.22. The summed E-state index contributed by atoms with van der Waals surface area (Å²) in [5.41, 5.74) is 0.541. The second-order valence-corrected chi connectivity index (χ2v) is 8.07. The summed E-state index contributed by atoms with van der Waals surface area (Å²) in [5, 5.41) is 2.69. The van der Waals surface area contributed by atoms with Gasteiger partial charge in [-0.2, -0.15) is 13.2 Å². The monoisotopic (exact) mass is 477 g/mol. The zero-order valence-corrected chi connectivity index (χ0v) is 17.7. The topological polar surface area (TPSA) is 46.9 Å². The summed E-state index contributed by atoms with van der Waals surface area (Å²) in [6.45, 7) is 0.333. The van der Waals surface area contributed by atoms with E-state index in [1.54, 1.807) is 4.57 Å². The van der Waals surface area contributed by atoms with Gasteiger partial charge in [0.05, 0.1) is 34.6 Å². The fourth-order valence-corrected chi connectivity index (χ4v) is 4.03. The number of imidazole rings is 1. The van der Waals surface area contributed by atoms with Gasteiger partial charge in [-0.25, -0.2) is 13.8 Å². The van der Waals surface area contributed by atoms with E-state index in [0.29, 0.717) is 23.3 Å². The van der Waals surface area contributed by atoms with Crippen LogP contribution in [0.2, 0.25) is 0 Å². The van der Waals surface area contributed by atoms with Crippen molar-refractivity contribution in [3.8, 4) is 0 Å². The standard InChI is InChI=1S/C23H16F5N3OS/c24-16-7-8-18(17(25)11-16)29-21(32)13-33-22-30-19-10-15(23(26,27)28)6-9-20(19)31(22)12-14-4-2-1-3-5-14/h1-11H,12-13H2,(H,29,32). The molecule has 1 heterocycles. The maximum Gasteiger partial charge on any atom is 0.416 e. The third-order valence-corrected chi connectivity index (χ3v) is 5.74. The Hall–Kier alpha value is -3.40. The maximum absolute atomic E-state index is 13.8. The van der Waals surface area contributed by atoms with Gasteiger partial charge in [0.25, 0.3) is 0 Å². The average molecular weight is 477 g/mol. The zero-order valence-electron chi connectivity index (χ0n) is 16.9. The van der Waals surface area contributed by atoms with Crippen molar-refractivity contribution >= 4 is 34.4 Å². The van der Waals surface area contributed by atoms with E-state index in [1.165, 1.54) is 6.07 Å². The maximum atomic E-state index is 13.8. The lowest BCUT2D eigenvalue weighted by Gasteiger charge is -2.10. The minimum Gasteiger partial charge on any atom is -0.323 e. The molecule has 4 aromatic rings. The third kappa shape index (κ3) is 5.33. The lowest BCUT2D eigenvalue weighted by atomic mass is 10.2. The molecule has 33 heavy (non-hydrogen) atoms. The Morgan fingerprint density at radius 2 is 1.76 bits per heavy atom. The Labute approximate surface area is 189 Å². The number of nitrogens with one attached hydrogen (secondary N) is 1. The molecule has 1 aromatic heterocycles. The van der Waals surface area contributed by atoms with Crippen LogP contribution in [0.15, 0.2) is 71.9 Å².